The van der Waals surface area contributed by atoms with Crippen molar-refractivity contribution in [3.63, 3.8) is 0 Å². The number of esters is 1. The molecule has 110 valence electrons. The SMILES string of the molecule is CCCC(Oc1c(Cl)cc(Cl)cc1C=O)C(=O)OCC. The summed E-state index contributed by atoms with van der Waals surface area (Å²) in [5, 5.41) is 0.512. The van der Waals surface area contributed by atoms with Crippen molar-refractivity contribution in [1.29, 1.82) is 0 Å². The van der Waals surface area contributed by atoms with E-state index in [1.54, 1.807) is 6.92 Å². The van der Waals surface area contributed by atoms with Crippen LogP contribution in [0.15, 0.2) is 12.1 Å². The van der Waals surface area contributed by atoms with Crippen molar-refractivity contribution in [2.75, 3.05) is 6.61 Å². The van der Waals surface area contributed by atoms with Crippen LogP contribution >= 0.6 is 23.2 Å². The fourth-order valence-electron chi connectivity index (χ4n) is 1.66. The quantitative estimate of drug-likeness (QED) is 0.565. The largest absolute Gasteiger partial charge is 0.476 e. The highest BCUT2D eigenvalue weighted by Crippen LogP contribution is 2.32. The zero-order chi connectivity index (χ0) is 15.1. The maximum absolute atomic E-state index is 11.8. The Morgan fingerprint density at radius 2 is 2.05 bits per heavy atom. The lowest BCUT2D eigenvalue weighted by Crippen LogP contribution is -2.29. The van der Waals surface area contributed by atoms with Crippen molar-refractivity contribution in [1.82, 2.24) is 0 Å². The van der Waals surface area contributed by atoms with Gasteiger partial charge in [0.25, 0.3) is 0 Å². The van der Waals surface area contributed by atoms with Gasteiger partial charge in [-0.3, -0.25) is 4.79 Å². The van der Waals surface area contributed by atoms with E-state index < -0.39 is 12.1 Å². The molecular formula is C14H16Cl2O4. The normalized spacial score (nSPS) is 11.8. The summed E-state index contributed by atoms with van der Waals surface area (Å²) >= 11 is 11.8. The van der Waals surface area contributed by atoms with Crippen molar-refractivity contribution < 1.29 is 19.1 Å². The third kappa shape index (κ3) is 4.39. The Kier molecular flexibility index (Phi) is 6.82. The van der Waals surface area contributed by atoms with Gasteiger partial charge in [0.2, 0.25) is 0 Å². The van der Waals surface area contributed by atoms with Gasteiger partial charge in [-0.1, -0.05) is 36.5 Å². The molecule has 1 aromatic carbocycles. The monoisotopic (exact) mass is 318 g/mol. The number of halogens is 2. The second-order valence-corrected chi connectivity index (χ2v) is 4.91. The van der Waals surface area contributed by atoms with Crippen molar-refractivity contribution in [3.8, 4) is 5.75 Å². The lowest BCUT2D eigenvalue weighted by molar-refractivity contribution is -0.151. The van der Waals surface area contributed by atoms with E-state index in [0.717, 1.165) is 6.42 Å². The van der Waals surface area contributed by atoms with E-state index in [0.29, 0.717) is 17.7 Å². The molecule has 0 spiro atoms. The van der Waals surface area contributed by atoms with Crippen LogP contribution in [0.3, 0.4) is 0 Å². The van der Waals surface area contributed by atoms with Gasteiger partial charge in [0.1, 0.15) is 5.75 Å². The molecule has 4 nitrogen and oxygen atoms in total. The van der Waals surface area contributed by atoms with E-state index in [4.69, 9.17) is 32.7 Å². The maximum atomic E-state index is 11.8. The minimum atomic E-state index is -0.794. The summed E-state index contributed by atoms with van der Waals surface area (Å²) in [6.45, 7) is 3.89. The lowest BCUT2D eigenvalue weighted by Gasteiger charge is -2.19. The third-order valence-corrected chi connectivity index (χ3v) is 3.02. The summed E-state index contributed by atoms with van der Waals surface area (Å²) in [6.07, 6.45) is 0.986. The topological polar surface area (TPSA) is 52.6 Å². The van der Waals surface area contributed by atoms with Gasteiger partial charge in [0, 0.05) is 5.02 Å². The van der Waals surface area contributed by atoms with Gasteiger partial charge in [0.15, 0.2) is 12.4 Å². The van der Waals surface area contributed by atoms with Crippen molar-refractivity contribution in [2.24, 2.45) is 0 Å². The van der Waals surface area contributed by atoms with Gasteiger partial charge >= 0.3 is 5.97 Å². The average molecular weight is 319 g/mol. The standard InChI is InChI=1S/C14H16Cl2O4/c1-3-5-12(14(18)19-4-2)20-13-9(8-17)6-10(15)7-11(13)16/h6-8,12H,3-5H2,1-2H3. The first kappa shape index (κ1) is 16.8. The summed E-state index contributed by atoms with van der Waals surface area (Å²) in [4.78, 5) is 22.9. The molecule has 0 saturated carbocycles. The Morgan fingerprint density at radius 1 is 1.35 bits per heavy atom. The van der Waals surface area contributed by atoms with Crippen molar-refractivity contribution >= 4 is 35.5 Å². The molecule has 0 aliphatic rings. The molecule has 1 rings (SSSR count). The molecule has 0 aliphatic heterocycles. The summed E-state index contributed by atoms with van der Waals surface area (Å²) in [5.41, 5.74) is 0.202. The number of hydrogen-bond donors (Lipinski definition) is 0. The molecular weight excluding hydrogens is 303 g/mol. The van der Waals surface area contributed by atoms with Crippen LogP contribution in [0.25, 0.3) is 0 Å². The lowest BCUT2D eigenvalue weighted by atomic mass is 10.2. The third-order valence-electron chi connectivity index (χ3n) is 2.52. The van der Waals surface area contributed by atoms with Gasteiger partial charge in [-0.05, 0) is 25.5 Å². The van der Waals surface area contributed by atoms with Crippen LogP contribution in [0.1, 0.15) is 37.0 Å². The number of aldehydes is 1. The van der Waals surface area contributed by atoms with Crippen LogP contribution in [0.5, 0.6) is 5.75 Å². The van der Waals surface area contributed by atoms with E-state index in [9.17, 15) is 9.59 Å². The Balaban J connectivity index is 3.04. The van der Waals surface area contributed by atoms with Crippen molar-refractivity contribution in [2.45, 2.75) is 32.8 Å². The molecule has 0 aliphatic carbocycles. The Morgan fingerprint density at radius 3 is 2.60 bits per heavy atom. The van der Waals surface area contributed by atoms with E-state index in [-0.39, 0.29) is 22.9 Å². The highest BCUT2D eigenvalue weighted by atomic mass is 35.5. The molecule has 0 bridgehead atoms. The molecule has 0 amide bonds. The molecule has 1 aromatic rings. The first-order valence-corrected chi connectivity index (χ1v) is 7.06. The molecule has 0 aromatic heterocycles. The summed E-state index contributed by atoms with van der Waals surface area (Å²) in [5.74, 6) is -0.324. The van der Waals surface area contributed by atoms with Gasteiger partial charge in [-0.2, -0.15) is 0 Å². The summed E-state index contributed by atoms with van der Waals surface area (Å²) < 4.78 is 10.5. The predicted molar refractivity (Wildman–Crippen MR) is 77.8 cm³/mol. The minimum absolute atomic E-state index is 0.151. The van der Waals surface area contributed by atoms with E-state index in [1.807, 2.05) is 6.92 Å². The molecule has 0 heterocycles. The number of ether oxygens (including phenoxy) is 2. The van der Waals surface area contributed by atoms with Crippen LogP contribution < -0.4 is 4.74 Å². The second kappa shape index (κ2) is 8.12. The van der Waals surface area contributed by atoms with E-state index in [1.165, 1.54) is 12.1 Å². The Labute approximate surface area is 128 Å². The van der Waals surface area contributed by atoms with Crippen molar-refractivity contribution in [3.05, 3.63) is 27.7 Å². The van der Waals surface area contributed by atoms with Gasteiger partial charge in [0.05, 0.1) is 17.2 Å². The molecule has 20 heavy (non-hydrogen) atoms. The first-order valence-electron chi connectivity index (χ1n) is 6.30. The zero-order valence-electron chi connectivity index (χ0n) is 11.3. The molecule has 0 N–H and O–H groups in total. The van der Waals surface area contributed by atoms with Crippen LogP contribution in [-0.4, -0.2) is 25.0 Å². The number of carbonyl (C=O) groups is 2. The molecule has 0 saturated heterocycles. The highest BCUT2D eigenvalue weighted by Gasteiger charge is 2.23. The van der Waals surface area contributed by atoms with Crippen LogP contribution in [0, 0.1) is 0 Å². The summed E-state index contributed by atoms with van der Waals surface area (Å²) in [7, 11) is 0. The number of carbonyl (C=O) groups excluding carboxylic acids is 2. The Hall–Kier alpha value is -1.26. The van der Waals surface area contributed by atoms with Crippen LogP contribution in [0.2, 0.25) is 10.0 Å². The predicted octanol–water partition coefficient (Wildman–Crippen LogP) is 3.92. The van der Waals surface area contributed by atoms with Crippen LogP contribution in [0.4, 0.5) is 0 Å². The fourth-order valence-corrected chi connectivity index (χ4v) is 2.21. The number of benzene rings is 1. The minimum Gasteiger partial charge on any atom is -0.476 e. The first-order chi connectivity index (χ1) is 9.53. The molecule has 0 fully saturated rings. The van der Waals surface area contributed by atoms with Crippen LogP contribution in [-0.2, 0) is 9.53 Å². The van der Waals surface area contributed by atoms with E-state index in [2.05, 4.69) is 0 Å². The van der Waals surface area contributed by atoms with Gasteiger partial charge in [-0.25, -0.2) is 4.79 Å². The molecule has 1 unspecified atom stereocenters. The van der Waals surface area contributed by atoms with Gasteiger partial charge < -0.3 is 9.47 Å². The maximum Gasteiger partial charge on any atom is 0.347 e. The zero-order valence-corrected chi connectivity index (χ0v) is 12.8. The summed E-state index contributed by atoms with van der Waals surface area (Å²) in [6, 6.07) is 2.89. The second-order valence-electron chi connectivity index (χ2n) is 4.07. The molecule has 0 radical (unpaired) electrons. The molecule has 1 atom stereocenters. The number of rotatable bonds is 7. The number of hydrogen-bond acceptors (Lipinski definition) is 4. The van der Waals surface area contributed by atoms with Gasteiger partial charge in [-0.15, -0.1) is 0 Å². The van der Waals surface area contributed by atoms with E-state index >= 15 is 0 Å². The smallest absolute Gasteiger partial charge is 0.347 e. The average Bonchev–Trinajstić information content (AvgIpc) is 2.40. The Bertz CT molecular complexity index is 488. The fraction of sp³-hybridized carbons (Fsp3) is 0.429. The molecule has 6 heteroatoms. The highest BCUT2D eigenvalue weighted by molar-refractivity contribution is 6.36.